The van der Waals surface area contributed by atoms with Gasteiger partial charge in [0.2, 0.25) is 11.8 Å². The number of rotatable bonds is 5. The first-order chi connectivity index (χ1) is 14.8. The number of aromatic nitrogens is 3. The number of carbonyl (C=O) groups excluding carboxylic acids is 2. The van der Waals surface area contributed by atoms with Gasteiger partial charge in [0.25, 0.3) is 5.56 Å². The van der Waals surface area contributed by atoms with Crippen LogP contribution in [0.25, 0.3) is 16.8 Å². The average Bonchev–Trinajstić information content (AvgIpc) is 3.20. The van der Waals surface area contributed by atoms with E-state index in [1.54, 1.807) is 32.4 Å². The molecular formula is C23H27N5O3. The quantitative estimate of drug-likeness (QED) is 0.679. The lowest BCUT2D eigenvalue weighted by Crippen LogP contribution is -2.42. The summed E-state index contributed by atoms with van der Waals surface area (Å²) in [5.74, 6) is -0.464. The number of likely N-dealkylation sites (tertiary alicyclic amines) is 1. The van der Waals surface area contributed by atoms with E-state index in [1.807, 2.05) is 12.1 Å². The minimum Gasteiger partial charge on any atom is -0.369 e. The van der Waals surface area contributed by atoms with Gasteiger partial charge in [0, 0.05) is 49.9 Å². The maximum absolute atomic E-state index is 12.9. The van der Waals surface area contributed by atoms with E-state index >= 15 is 0 Å². The summed E-state index contributed by atoms with van der Waals surface area (Å²) in [6, 6.07) is 7.91. The number of nitrogens with two attached hydrogens (primary N) is 1. The average molecular weight is 422 g/mol. The Bertz CT molecular complexity index is 1200. The Hall–Kier alpha value is -3.42. The Labute approximate surface area is 180 Å². The van der Waals surface area contributed by atoms with Crippen LogP contribution in [0.1, 0.15) is 30.4 Å². The van der Waals surface area contributed by atoms with E-state index in [1.165, 1.54) is 11.1 Å². The van der Waals surface area contributed by atoms with E-state index in [2.05, 4.69) is 25.0 Å². The van der Waals surface area contributed by atoms with Crippen LogP contribution in [-0.4, -0.2) is 44.0 Å². The monoisotopic (exact) mass is 421 g/mol. The van der Waals surface area contributed by atoms with Gasteiger partial charge in [-0.3, -0.25) is 14.4 Å². The fourth-order valence-corrected chi connectivity index (χ4v) is 4.03. The van der Waals surface area contributed by atoms with Gasteiger partial charge in [-0.1, -0.05) is 12.1 Å². The third kappa shape index (κ3) is 4.23. The molecule has 0 aliphatic carbocycles. The van der Waals surface area contributed by atoms with Crippen molar-refractivity contribution in [2.45, 2.75) is 39.7 Å². The number of hydrogen-bond donors (Lipinski definition) is 1. The zero-order valence-corrected chi connectivity index (χ0v) is 17.9. The summed E-state index contributed by atoms with van der Waals surface area (Å²) in [6.45, 7) is 5.47. The first-order valence-corrected chi connectivity index (χ1v) is 10.6. The number of nitrogens with zero attached hydrogens (tertiary/aromatic N) is 4. The maximum Gasteiger partial charge on any atom is 0.276 e. The second kappa shape index (κ2) is 8.37. The highest BCUT2D eigenvalue weighted by Gasteiger charge is 2.25. The molecule has 0 bridgehead atoms. The minimum atomic E-state index is -0.298. The predicted octanol–water partition coefficient (Wildman–Crippen LogP) is 1.89. The number of fused-ring (bicyclic) bond motifs is 1. The van der Waals surface area contributed by atoms with E-state index < -0.39 is 0 Å². The third-order valence-corrected chi connectivity index (χ3v) is 6.22. The van der Waals surface area contributed by atoms with Gasteiger partial charge in [0.05, 0.1) is 5.69 Å². The molecule has 2 N–H and O–H groups in total. The molecule has 8 heteroatoms. The molecule has 4 rings (SSSR count). The molecule has 1 aliphatic rings. The fraction of sp³-hybridized carbons (Fsp3) is 0.391. The van der Waals surface area contributed by atoms with Crippen LogP contribution >= 0.6 is 0 Å². The van der Waals surface area contributed by atoms with Crippen LogP contribution in [0.5, 0.6) is 0 Å². The molecular weight excluding hydrogens is 394 g/mol. The lowest BCUT2D eigenvalue weighted by molar-refractivity contribution is -0.135. The molecule has 2 aromatic heterocycles. The van der Waals surface area contributed by atoms with Crippen molar-refractivity contribution in [3.8, 4) is 11.3 Å². The highest BCUT2D eigenvalue weighted by molar-refractivity contribution is 5.78. The molecule has 1 saturated heterocycles. The summed E-state index contributed by atoms with van der Waals surface area (Å²) in [5, 5.41) is 4.54. The summed E-state index contributed by atoms with van der Waals surface area (Å²) in [7, 11) is 0. The number of primary amides is 1. The number of hydrogen-bond acceptors (Lipinski definition) is 4. The van der Waals surface area contributed by atoms with E-state index in [0.29, 0.717) is 38.0 Å². The minimum absolute atomic E-state index is 0.0148. The number of piperidine rings is 1. The van der Waals surface area contributed by atoms with Crippen LogP contribution < -0.4 is 11.3 Å². The Morgan fingerprint density at radius 2 is 1.84 bits per heavy atom. The van der Waals surface area contributed by atoms with Crippen molar-refractivity contribution in [1.29, 1.82) is 0 Å². The van der Waals surface area contributed by atoms with Crippen molar-refractivity contribution < 1.29 is 9.59 Å². The number of aryl methyl sites for hydroxylation is 3. The Balaban J connectivity index is 1.47. The molecule has 0 unspecified atom stereocenters. The lowest BCUT2D eigenvalue weighted by Gasteiger charge is -2.30. The van der Waals surface area contributed by atoms with E-state index in [0.717, 1.165) is 11.3 Å². The highest BCUT2D eigenvalue weighted by Crippen LogP contribution is 2.21. The lowest BCUT2D eigenvalue weighted by atomic mass is 9.96. The predicted molar refractivity (Wildman–Crippen MR) is 117 cm³/mol. The van der Waals surface area contributed by atoms with E-state index in [9.17, 15) is 14.4 Å². The van der Waals surface area contributed by atoms with Crippen LogP contribution in [0, 0.1) is 19.8 Å². The molecule has 1 fully saturated rings. The fourth-order valence-electron chi connectivity index (χ4n) is 4.03. The van der Waals surface area contributed by atoms with Crippen molar-refractivity contribution in [1.82, 2.24) is 19.1 Å². The van der Waals surface area contributed by atoms with Gasteiger partial charge in [0.1, 0.15) is 5.52 Å². The van der Waals surface area contributed by atoms with Gasteiger partial charge < -0.3 is 15.2 Å². The number of carbonyl (C=O) groups is 2. The molecule has 3 aromatic rings. The van der Waals surface area contributed by atoms with E-state index in [-0.39, 0.29) is 29.7 Å². The van der Waals surface area contributed by atoms with Crippen LogP contribution in [0.3, 0.4) is 0 Å². The molecule has 8 nitrogen and oxygen atoms in total. The van der Waals surface area contributed by atoms with E-state index in [4.69, 9.17) is 5.73 Å². The molecule has 0 saturated carbocycles. The molecule has 0 spiro atoms. The first kappa shape index (κ1) is 20.8. The standard InChI is InChI=1S/C23H27N5O3/c1-15-3-4-18(13-16(15)2)19-14-20-23(31)27(11-12-28(20)25-19)10-7-21(29)26-8-5-17(6-9-26)22(24)30/h3-4,11-14,17H,5-10H2,1-2H3,(H2,24,30). The molecule has 1 aromatic carbocycles. The Morgan fingerprint density at radius 3 is 2.52 bits per heavy atom. The maximum atomic E-state index is 12.9. The van der Waals surface area contributed by atoms with Gasteiger partial charge in [-0.05, 0) is 49.9 Å². The third-order valence-electron chi connectivity index (χ3n) is 6.22. The van der Waals surface area contributed by atoms with Crippen LogP contribution in [0.4, 0.5) is 0 Å². The van der Waals surface area contributed by atoms with Gasteiger partial charge in [-0.2, -0.15) is 5.10 Å². The second-order valence-electron chi connectivity index (χ2n) is 8.26. The topological polar surface area (TPSA) is 103 Å². The zero-order chi connectivity index (χ0) is 22.1. The van der Waals surface area contributed by atoms with Crippen molar-refractivity contribution in [3.05, 3.63) is 58.1 Å². The van der Waals surface area contributed by atoms with Crippen molar-refractivity contribution >= 4 is 17.3 Å². The van der Waals surface area contributed by atoms with Crippen molar-refractivity contribution in [2.24, 2.45) is 11.7 Å². The van der Waals surface area contributed by atoms with Crippen LogP contribution in [0.2, 0.25) is 0 Å². The summed E-state index contributed by atoms with van der Waals surface area (Å²) in [5.41, 5.74) is 9.74. The SMILES string of the molecule is Cc1ccc(-c2cc3c(=O)n(CCC(=O)N4CCC(C(N)=O)CC4)ccn3n2)cc1C. The largest absolute Gasteiger partial charge is 0.369 e. The van der Waals surface area contributed by atoms with Crippen molar-refractivity contribution in [3.63, 3.8) is 0 Å². The van der Waals surface area contributed by atoms with Crippen LogP contribution in [-0.2, 0) is 16.1 Å². The van der Waals surface area contributed by atoms with Crippen molar-refractivity contribution in [2.75, 3.05) is 13.1 Å². The van der Waals surface area contributed by atoms with Gasteiger partial charge >= 0.3 is 0 Å². The smallest absolute Gasteiger partial charge is 0.276 e. The number of benzene rings is 1. The first-order valence-electron chi connectivity index (χ1n) is 10.6. The van der Waals surface area contributed by atoms with Gasteiger partial charge in [-0.15, -0.1) is 0 Å². The summed E-state index contributed by atoms with van der Waals surface area (Å²) in [4.78, 5) is 38.5. The Kier molecular flexibility index (Phi) is 5.63. The van der Waals surface area contributed by atoms with Gasteiger partial charge in [0.15, 0.2) is 0 Å². The highest BCUT2D eigenvalue weighted by atomic mass is 16.2. The second-order valence-corrected chi connectivity index (χ2v) is 8.26. The molecule has 2 amide bonds. The summed E-state index contributed by atoms with van der Waals surface area (Å²) in [6.07, 6.45) is 4.84. The summed E-state index contributed by atoms with van der Waals surface area (Å²) < 4.78 is 3.13. The molecule has 162 valence electrons. The molecule has 3 heterocycles. The normalized spacial score (nSPS) is 14.8. The van der Waals surface area contributed by atoms with Crippen LogP contribution in [0.15, 0.2) is 41.5 Å². The molecule has 31 heavy (non-hydrogen) atoms. The molecule has 0 radical (unpaired) electrons. The van der Waals surface area contributed by atoms with Gasteiger partial charge in [-0.25, -0.2) is 4.52 Å². The Morgan fingerprint density at radius 1 is 1.10 bits per heavy atom. The number of amides is 2. The molecule has 1 aliphatic heterocycles. The zero-order valence-electron chi connectivity index (χ0n) is 17.9. The molecule has 0 atom stereocenters. The summed E-state index contributed by atoms with van der Waals surface area (Å²) >= 11 is 0.